The summed E-state index contributed by atoms with van der Waals surface area (Å²) in [5.41, 5.74) is 1.65. The highest BCUT2D eigenvalue weighted by Crippen LogP contribution is 2.42. The number of benzene rings is 2. The van der Waals surface area contributed by atoms with Crippen LogP contribution in [0.15, 0.2) is 48.5 Å². The number of likely N-dealkylation sites (tertiary alicyclic amines) is 1. The van der Waals surface area contributed by atoms with Crippen molar-refractivity contribution in [1.29, 1.82) is 0 Å². The highest BCUT2D eigenvalue weighted by atomic mass is 16.6. The van der Waals surface area contributed by atoms with E-state index >= 15 is 0 Å². The van der Waals surface area contributed by atoms with Crippen molar-refractivity contribution in [2.75, 3.05) is 19.7 Å². The number of nitrogens with zero attached hydrogens (tertiary/aromatic N) is 1. The van der Waals surface area contributed by atoms with Gasteiger partial charge in [0.05, 0.1) is 6.61 Å². The molecule has 2 aromatic carbocycles. The molecule has 1 aliphatic carbocycles. The predicted octanol–water partition coefficient (Wildman–Crippen LogP) is 3.82. The molecule has 1 N–H and O–H groups in total. The lowest BCUT2D eigenvalue weighted by molar-refractivity contribution is -0.178. The smallest absolute Gasteiger partial charge is 0.343 e. The fourth-order valence-corrected chi connectivity index (χ4v) is 5.43. The molecule has 0 spiro atoms. The molecule has 2 aromatic rings. The molecule has 5 nitrogen and oxygen atoms in total. The molecule has 1 saturated heterocycles. The number of esters is 1. The van der Waals surface area contributed by atoms with E-state index in [1.807, 2.05) is 30.3 Å². The van der Waals surface area contributed by atoms with Crippen LogP contribution in [0.3, 0.4) is 0 Å². The number of hydrogen-bond donors (Lipinski definition) is 1. The van der Waals surface area contributed by atoms with E-state index in [1.54, 1.807) is 0 Å². The van der Waals surface area contributed by atoms with Crippen LogP contribution in [0.25, 0.3) is 0 Å². The molecule has 5 heteroatoms. The van der Waals surface area contributed by atoms with Gasteiger partial charge in [-0.2, -0.15) is 0 Å². The first kappa shape index (κ1) is 20.5. The molecule has 0 unspecified atom stereocenters. The molecule has 2 fully saturated rings. The van der Waals surface area contributed by atoms with Gasteiger partial charge in [-0.25, -0.2) is 4.79 Å². The van der Waals surface area contributed by atoms with E-state index in [4.69, 9.17) is 9.47 Å². The lowest BCUT2D eigenvalue weighted by Crippen LogP contribution is -2.45. The van der Waals surface area contributed by atoms with Crippen LogP contribution in [0.1, 0.15) is 48.8 Å². The van der Waals surface area contributed by atoms with Gasteiger partial charge in [0.2, 0.25) is 0 Å². The Morgan fingerprint density at radius 1 is 1.13 bits per heavy atom. The minimum Gasteiger partial charge on any atom is -0.493 e. The fourth-order valence-electron chi connectivity index (χ4n) is 5.43. The van der Waals surface area contributed by atoms with Crippen LogP contribution < -0.4 is 4.74 Å². The van der Waals surface area contributed by atoms with Crippen molar-refractivity contribution in [2.24, 2.45) is 5.92 Å². The van der Waals surface area contributed by atoms with Crippen molar-refractivity contribution in [1.82, 2.24) is 4.90 Å². The molecular formula is C26H31NO4. The zero-order chi connectivity index (χ0) is 21.3. The molecule has 0 aromatic heterocycles. The molecule has 2 aliphatic heterocycles. The van der Waals surface area contributed by atoms with Crippen LogP contribution in [0.5, 0.6) is 5.75 Å². The zero-order valence-electron chi connectivity index (χ0n) is 18.0. The minimum atomic E-state index is -1.55. The maximum atomic E-state index is 13.3. The van der Waals surface area contributed by atoms with E-state index in [2.05, 4.69) is 23.1 Å². The van der Waals surface area contributed by atoms with Crippen molar-refractivity contribution in [3.63, 3.8) is 0 Å². The largest absolute Gasteiger partial charge is 0.493 e. The first-order chi connectivity index (χ1) is 15.1. The number of aliphatic hydroxyl groups is 1. The van der Waals surface area contributed by atoms with Gasteiger partial charge in [0, 0.05) is 32.0 Å². The van der Waals surface area contributed by atoms with E-state index in [0.29, 0.717) is 12.1 Å². The summed E-state index contributed by atoms with van der Waals surface area (Å²) in [5.74, 6) is 0.449. The van der Waals surface area contributed by atoms with Crippen LogP contribution in [-0.4, -0.2) is 41.8 Å². The summed E-state index contributed by atoms with van der Waals surface area (Å²) in [5, 5.41) is 11.6. The van der Waals surface area contributed by atoms with E-state index in [0.717, 1.165) is 64.0 Å². The monoisotopic (exact) mass is 421 g/mol. The van der Waals surface area contributed by atoms with Crippen molar-refractivity contribution in [3.8, 4) is 5.75 Å². The summed E-state index contributed by atoms with van der Waals surface area (Å²) < 4.78 is 11.5. The Hall–Kier alpha value is -2.37. The van der Waals surface area contributed by atoms with E-state index in [-0.39, 0.29) is 12.0 Å². The second-order valence-electron chi connectivity index (χ2n) is 9.21. The number of ether oxygens (including phenoxy) is 2. The Bertz CT molecular complexity index is 924. The van der Waals surface area contributed by atoms with Gasteiger partial charge in [0.15, 0.2) is 5.60 Å². The number of fused-ring (bicyclic) bond motifs is 1. The van der Waals surface area contributed by atoms with Gasteiger partial charge in [-0.05, 0) is 42.0 Å². The summed E-state index contributed by atoms with van der Waals surface area (Å²) in [6.07, 6.45) is 5.42. The van der Waals surface area contributed by atoms with E-state index < -0.39 is 11.6 Å². The number of carbonyl (C=O) groups excluding carboxylic acids is 1. The minimum absolute atomic E-state index is 0.0754. The third-order valence-corrected chi connectivity index (χ3v) is 7.13. The molecule has 0 radical (unpaired) electrons. The van der Waals surface area contributed by atoms with Crippen LogP contribution in [-0.2, 0) is 28.1 Å². The highest BCUT2D eigenvalue weighted by Gasteiger charge is 2.48. The summed E-state index contributed by atoms with van der Waals surface area (Å²) in [4.78, 5) is 15.6. The highest BCUT2D eigenvalue weighted by molar-refractivity contribution is 5.81. The molecule has 2 atom stereocenters. The van der Waals surface area contributed by atoms with Gasteiger partial charge < -0.3 is 14.6 Å². The van der Waals surface area contributed by atoms with Crippen LogP contribution >= 0.6 is 0 Å². The lowest BCUT2D eigenvalue weighted by Gasteiger charge is -2.33. The molecule has 164 valence electrons. The molecular weight excluding hydrogens is 390 g/mol. The van der Waals surface area contributed by atoms with Gasteiger partial charge in [0.1, 0.15) is 11.9 Å². The first-order valence-electron chi connectivity index (χ1n) is 11.6. The second kappa shape index (κ2) is 8.64. The number of hydrogen-bond acceptors (Lipinski definition) is 5. The average molecular weight is 422 g/mol. The van der Waals surface area contributed by atoms with Gasteiger partial charge in [-0.3, -0.25) is 4.90 Å². The molecule has 5 rings (SSSR count). The molecule has 31 heavy (non-hydrogen) atoms. The van der Waals surface area contributed by atoms with Gasteiger partial charge >= 0.3 is 5.97 Å². The van der Waals surface area contributed by atoms with E-state index in [1.165, 1.54) is 11.1 Å². The molecule has 3 aliphatic rings. The predicted molar refractivity (Wildman–Crippen MR) is 118 cm³/mol. The number of rotatable bonds is 6. The molecule has 1 saturated carbocycles. The summed E-state index contributed by atoms with van der Waals surface area (Å²) in [6.45, 7) is 3.20. The quantitative estimate of drug-likeness (QED) is 0.719. The Morgan fingerprint density at radius 3 is 2.74 bits per heavy atom. The Balaban J connectivity index is 1.24. The van der Waals surface area contributed by atoms with Crippen molar-refractivity contribution in [3.05, 3.63) is 65.2 Å². The fraction of sp³-hybridized carbons (Fsp3) is 0.500. The third kappa shape index (κ3) is 4.09. The normalized spacial score (nSPS) is 23.3. The average Bonchev–Trinajstić information content (AvgIpc) is 3.56. The third-order valence-electron chi connectivity index (χ3n) is 7.13. The Kier molecular flexibility index (Phi) is 5.72. The summed E-state index contributed by atoms with van der Waals surface area (Å²) >= 11 is 0. The van der Waals surface area contributed by atoms with Crippen molar-refractivity contribution in [2.45, 2.75) is 56.8 Å². The van der Waals surface area contributed by atoms with Crippen molar-refractivity contribution >= 4 is 5.97 Å². The standard InChI is InChI=1S/C26H31NO4/c28-25(26(29,22-8-4-5-9-22)21-6-2-1-3-7-21)31-23-12-14-27(18-23)17-19-10-11-24-20(16-19)13-15-30-24/h1-3,6-7,10-11,16,22-23,29H,4-5,8-9,12-15,17-18H2/t23-,26-/m0/s1. The topological polar surface area (TPSA) is 59.0 Å². The van der Waals surface area contributed by atoms with Crippen LogP contribution in [0, 0.1) is 5.92 Å². The van der Waals surface area contributed by atoms with Gasteiger partial charge in [-0.15, -0.1) is 0 Å². The molecule has 2 heterocycles. The maximum absolute atomic E-state index is 13.3. The van der Waals surface area contributed by atoms with E-state index in [9.17, 15) is 9.90 Å². The second-order valence-corrected chi connectivity index (χ2v) is 9.21. The maximum Gasteiger partial charge on any atom is 0.343 e. The van der Waals surface area contributed by atoms with Gasteiger partial charge in [-0.1, -0.05) is 55.3 Å². The Labute approximate surface area is 184 Å². The zero-order valence-corrected chi connectivity index (χ0v) is 18.0. The first-order valence-corrected chi connectivity index (χ1v) is 11.6. The molecule has 0 amide bonds. The van der Waals surface area contributed by atoms with Crippen molar-refractivity contribution < 1.29 is 19.4 Å². The molecule has 0 bridgehead atoms. The summed E-state index contributed by atoms with van der Waals surface area (Å²) in [6, 6.07) is 15.8. The Morgan fingerprint density at radius 2 is 1.94 bits per heavy atom. The van der Waals surface area contributed by atoms with Crippen LogP contribution in [0.4, 0.5) is 0 Å². The van der Waals surface area contributed by atoms with Gasteiger partial charge in [0.25, 0.3) is 0 Å². The SMILES string of the molecule is O=C(O[C@H]1CCN(Cc2ccc3c(c2)CCO3)C1)[C@](O)(c1ccccc1)C1CCCC1. The summed E-state index contributed by atoms with van der Waals surface area (Å²) in [7, 11) is 0. The lowest BCUT2D eigenvalue weighted by atomic mass is 9.80. The number of carbonyl (C=O) groups is 1. The van der Waals surface area contributed by atoms with Crippen LogP contribution in [0.2, 0.25) is 0 Å².